The number of hydrogen-bond acceptors (Lipinski definition) is 2. The molecule has 0 heterocycles. The molecule has 0 saturated heterocycles. The summed E-state index contributed by atoms with van der Waals surface area (Å²) in [5, 5.41) is 9.44. The summed E-state index contributed by atoms with van der Waals surface area (Å²) in [7, 11) is 0. The van der Waals surface area contributed by atoms with Crippen molar-refractivity contribution in [3.63, 3.8) is 0 Å². The Morgan fingerprint density at radius 2 is 1.94 bits per heavy atom. The first kappa shape index (κ1) is 11.1. The van der Waals surface area contributed by atoms with Crippen LogP contribution in [0.3, 0.4) is 0 Å². The van der Waals surface area contributed by atoms with E-state index in [1.165, 1.54) is 25.7 Å². The second kappa shape index (κ2) is 4.34. The molecule has 0 amide bonds. The third-order valence-corrected chi connectivity index (χ3v) is 4.32. The average molecular weight is 232 g/mol. The van der Waals surface area contributed by atoms with Crippen molar-refractivity contribution in [1.29, 1.82) is 0 Å². The van der Waals surface area contributed by atoms with Crippen LogP contribution in [0.2, 0.25) is 0 Å². The minimum absolute atomic E-state index is 0.397. The van der Waals surface area contributed by atoms with E-state index in [0.717, 1.165) is 23.1 Å². The molecule has 92 valence electrons. The van der Waals surface area contributed by atoms with Crippen LogP contribution >= 0.6 is 0 Å². The summed E-state index contributed by atoms with van der Waals surface area (Å²) < 4.78 is 6.06. The first-order valence-corrected chi connectivity index (χ1v) is 6.67. The van der Waals surface area contributed by atoms with Gasteiger partial charge in [0, 0.05) is 0 Å². The van der Waals surface area contributed by atoms with Crippen molar-refractivity contribution >= 4 is 0 Å². The van der Waals surface area contributed by atoms with Crippen molar-refractivity contribution in [2.45, 2.75) is 44.8 Å². The van der Waals surface area contributed by atoms with Crippen molar-refractivity contribution < 1.29 is 9.84 Å². The number of rotatable bonds is 3. The second-order valence-corrected chi connectivity index (χ2v) is 5.58. The smallest absolute Gasteiger partial charge is 0.119 e. The zero-order chi connectivity index (χ0) is 11.8. The van der Waals surface area contributed by atoms with Crippen LogP contribution in [-0.2, 0) is 0 Å². The van der Waals surface area contributed by atoms with E-state index in [1.807, 2.05) is 24.3 Å². The van der Waals surface area contributed by atoms with Gasteiger partial charge in [0.05, 0.1) is 6.10 Å². The van der Waals surface area contributed by atoms with Crippen LogP contribution in [-0.4, -0.2) is 11.2 Å². The Bertz CT molecular complexity index is 382. The maximum Gasteiger partial charge on any atom is 0.119 e. The first-order valence-electron chi connectivity index (χ1n) is 6.67. The van der Waals surface area contributed by atoms with Crippen molar-refractivity contribution in [3.05, 3.63) is 29.8 Å². The maximum absolute atomic E-state index is 9.44. The van der Waals surface area contributed by atoms with Crippen molar-refractivity contribution in [2.75, 3.05) is 0 Å². The predicted molar refractivity (Wildman–Crippen MR) is 66.9 cm³/mol. The third kappa shape index (κ3) is 2.19. The van der Waals surface area contributed by atoms with Gasteiger partial charge in [0.2, 0.25) is 0 Å². The fourth-order valence-corrected chi connectivity index (χ4v) is 3.33. The van der Waals surface area contributed by atoms with E-state index in [0.29, 0.717) is 6.10 Å². The van der Waals surface area contributed by atoms with E-state index in [9.17, 15) is 5.11 Å². The van der Waals surface area contributed by atoms with Crippen LogP contribution in [0.4, 0.5) is 0 Å². The van der Waals surface area contributed by atoms with Crippen molar-refractivity contribution in [1.82, 2.24) is 0 Å². The lowest BCUT2D eigenvalue weighted by atomic mass is 9.98. The highest BCUT2D eigenvalue weighted by Crippen LogP contribution is 2.45. The van der Waals surface area contributed by atoms with Gasteiger partial charge >= 0.3 is 0 Å². The molecular weight excluding hydrogens is 212 g/mol. The number of ether oxygens (including phenoxy) is 1. The van der Waals surface area contributed by atoms with Gasteiger partial charge in [0.25, 0.3) is 0 Å². The predicted octanol–water partition coefficient (Wildman–Crippen LogP) is 3.31. The third-order valence-electron chi connectivity index (χ3n) is 4.32. The van der Waals surface area contributed by atoms with Gasteiger partial charge in [-0.3, -0.25) is 0 Å². The largest absolute Gasteiger partial charge is 0.490 e. The molecule has 3 rings (SSSR count). The molecule has 1 N–H and O–H groups in total. The van der Waals surface area contributed by atoms with Gasteiger partial charge in [-0.15, -0.1) is 0 Å². The maximum atomic E-state index is 9.44. The minimum Gasteiger partial charge on any atom is -0.490 e. The number of fused-ring (bicyclic) bond motifs is 2. The summed E-state index contributed by atoms with van der Waals surface area (Å²) in [5.74, 6) is 2.66. The highest BCUT2D eigenvalue weighted by atomic mass is 16.5. The number of hydrogen-bond donors (Lipinski definition) is 1. The standard InChI is InChI=1S/C15H20O2/c1-10(16)12-4-6-14(7-5-12)17-15-9-11-2-3-13(15)8-11/h4-7,10-11,13,15-16H,2-3,8-9H2,1H3/t10-,11?,13?,15?/m1/s1. The number of aliphatic hydroxyl groups excluding tert-OH is 1. The zero-order valence-corrected chi connectivity index (χ0v) is 10.3. The molecule has 3 unspecified atom stereocenters. The Morgan fingerprint density at radius 3 is 2.47 bits per heavy atom. The van der Waals surface area contributed by atoms with Crippen LogP contribution < -0.4 is 4.74 Å². The zero-order valence-electron chi connectivity index (χ0n) is 10.3. The molecular formula is C15H20O2. The summed E-state index contributed by atoms with van der Waals surface area (Å²) >= 11 is 0. The molecule has 2 aliphatic carbocycles. The van der Waals surface area contributed by atoms with Gasteiger partial charge in [-0.25, -0.2) is 0 Å². The molecule has 1 aromatic carbocycles. The molecule has 2 heteroatoms. The first-order chi connectivity index (χ1) is 8.22. The van der Waals surface area contributed by atoms with E-state index in [-0.39, 0.29) is 0 Å². The summed E-state index contributed by atoms with van der Waals surface area (Å²) in [6.45, 7) is 1.78. The highest BCUT2D eigenvalue weighted by molar-refractivity contribution is 5.28. The quantitative estimate of drug-likeness (QED) is 0.866. The molecule has 2 saturated carbocycles. The Kier molecular flexibility index (Phi) is 2.83. The Balaban J connectivity index is 1.65. The van der Waals surface area contributed by atoms with Crippen molar-refractivity contribution in [3.8, 4) is 5.75 Å². The Labute approximate surface area is 103 Å². The van der Waals surface area contributed by atoms with Gasteiger partial charge in [0.15, 0.2) is 0 Å². The number of aliphatic hydroxyl groups is 1. The lowest BCUT2D eigenvalue weighted by Gasteiger charge is -2.23. The fraction of sp³-hybridized carbons (Fsp3) is 0.600. The van der Waals surface area contributed by atoms with E-state index in [4.69, 9.17) is 4.74 Å². The molecule has 0 aromatic heterocycles. The SMILES string of the molecule is C[C@@H](O)c1ccc(OC2CC3CCC2C3)cc1. The molecule has 2 fully saturated rings. The van der Waals surface area contributed by atoms with Crippen LogP contribution in [0.5, 0.6) is 5.75 Å². The van der Waals surface area contributed by atoms with E-state index >= 15 is 0 Å². The van der Waals surface area contributed by atoms with Crippen molar-refractivity contribution in [2.24, 2.45) is 11.8 Å². The summed E-state index contributed by atoms with van der Waals surface area (Å²) in [6.07, 6.45) is 5.41. The normalized spacial score (nSPS) is 32.7. The summed E-state index contributed by atoms with van der Waals surface area (Å²) in [6, 6.07) is 7.86. The molecule has 2 bridgehead atoms. The lowest BCUT2D eigenvalue weighted by Crippen LogP contribution is -2.23. The van der Waals surface area contributed by atoms with Crippen LogP contribution in [0.25, 0.3) is 0 Å². The molecule has 2 nitrogen and oxygen atoms in total. The van der Waals surface area contributed by atoms with Crippen LogP contribution in [0.1, 0.15) is 44.3 Å². The highest BCUT2D eigenvalue weighted by Gasteiger charge is 2.40. The van der Waals surface area contributed by atoms with E-state index in [2.05, 4.69) is 0 Å². The van der Waals surface area contributed by atoms with Crippen LogP contribution in [0.15, 0.2) is 24.3 Å². The lowest BCUT2D eigenvalue weighted by molar-refractivity contribution is 0.138. The molecule has 17 heavy (non-hydrogen) atoms. The Morgan fingerprint density at radius 1 is 1.18 bits per heavy atom. The average Bonchev–Trinajstić information content (AvgIpc) is 2.91. The van der Waals surface area contributed by atoms with Gasteiger partial charge in [-0.1, -0.05) is 12.1 Å². The van der Waals surface area contributed by atoms with Crippen LogP contribution in [0, 0.1) is 11.8 Å². The Hall–Kier alpha value is -1.02. The van der Waals surface area contributed by atoms with E-state index in [1.54, 1.807) is 6.92 Å². The molecule has 2 aliphatic rings. The fourth-order valence-electron chi connectivity index (χ4n) is 3.33. The van der Waals surface area contributed by atoms with Gasteiger partial charge in [0.1, 0.15) is 11.9 Å². The summed E-state index contributed by atoms with van der Waals surface area (Å²) in [4.78, 5) is 0. The van der Waals surface area contributed by atoms with E-state index < -0.39 is 6.10 Å². The second-order valence-electron chi connectivity index (χ2n) is 5.58. The van der Waals surface area contributed by atoms with Gasteiger partial charge in [-0.2, -0.15) is 0 Å². The number of benzene rings is 1. The molecule has 1 aromatic rings. The van der Waals surface area contributed by atoms with Gasteiger partial charge < -0.3 is 9.84 Å². The monoisotopic (exact) mass is 232 g/mol. The minimum atomic E-state index is -0.397. The molecule has 4 atom stereocenters. The topological polar surface area (TPSA) is 29.5 Å². The molecule has 0 spiro atoms. The molecule has 0 aliphatic heterocycles. The van der Waals surface area contributed by atoms with Gasteiger partial charge in [-0.05, 0) is 62.1 Å². The summed E-state index contributed by atoms with van der Waals surface area (Å²) in [5.41, 5.74) is 0.949. The molecule has 0 radical (unpaired) electrons.